The highest BCUT2D eigenvalue weighted by molar-refractivity contribution is 9.09. The second kappa shape index (κ2) is 12.1. The molecule has 7 nitrogen and oxygen atoms in total. The summed E-state index contributed by atoms with van der Waals surface area (Å²) in [7, 11) is 0. The van der Waals surface area contributed by atoms with E-state index in [9.17, 15) is 19.5 Å². The maximum Gasteiger partial charge on any atom is 0.247 e. The number of anilines is 1. The highest BCUT2D eigenvalue weighted by atomic mass is 79.9. The summed E-state index contributed by atoms with van der Waals surface area (Å²) in [5.74, 6) is -1.80. The van der Waals surface area contributed by atoms with Crippen LogP contribution in [-0.4, -0.2) is 84.8 Å². The molecule has 3 heterocycles. The fourth-order valence-corrected chi connectivity index (χ4v) is 11.3. The van der Waals surface area contributed by atoms with Crippen LogP contribution in [0.25, 0.3) is 0 Å². The number of rotatable bonds is 11. The van der Waals surface area contributed by atoms with Crippen molar-refractivity contribution in [2.75, 3.05) is 24.6 Å². The Labute approximate surface area is 263 Å². The number of para-hydroxylation sites is 1. The molecule has 7 atom stereocenters. The molecule has 3 aliphatic rings. The number of alkyl halides is 1. The second-order valence-corrected chi connectivity index (χ2v) is 16.5. The first-order valence-corrected chi connectivity index (χ1v) is 16.6. The molecule has 0 saturated carbocycles. The fourth-order valence-electron chi connectivity index (χ4n) is 7.74. The maximum absolute atomic E-state index is 14.9. The first kappa shape index (κ1) is 32.8. The molecule has 2 bridgehead atoms. The van der Waals surface area contributed by atoms with Crippen LogP contribution in [0.2, 0.25) is 0 Å². The molecule has 1 aromatic carbocycles. The molecule has 3 saturated heterocycles. The lowest BCUT2D eigenvalue weighted by molar-refractivity contribution is -0.148. The number of likely N-dealkylation sites (tertiary alicyclic amines) is 1. The molecule has 42 heavy (non-hydrogen) atoms. The van der Waals surface area contributed by atoms with Crippen LogP contribution in [0.1, 0.15) is 54.4 Å². The zero-order valence-corrected chi connectivity index (χ0v) is 28.2. The Morgan fingerprint density at radius 1 is 1.14 bits per heavy atom. The van der Waals surface area contributed by atoms with E-state index in [1.165, 1.54) is 0 Å². The molecular weight excluding hydrogens is 614 g/mol. The van der Waals surface area contributed by atoms with Crippen LogP contribution in [-0.2, 0) is 14.4 Å². The van der Waals surface area contributed by atoms with Gasteiger partial charge in [-0.1, -0.05) is 67.1 Å². The first-order chi connectivity index (χ1) is 19.6. The maximum atomic E-state index is 14.9. The van der Waals surface area contributed by atoms with E-state index in [0.717, 1.165) is 12.1 Å². The van der Waals surface area contributed by atoms with Gasteiger partial charge in [-0.15, -0.1) is 24.9 Å². The van der Waals surface area contributed by atoms with E-state index in [2.05, 4.69) is 63.7 Å². The van der Waals surface area contributed by atoms with Crippen molar-refractivity contribution in [3.05, 3.63) is 55.6 Å². The summed E-state index contributed by atoms with van der Waals surface area (Å²) in [6.45, 7) is 20.6. The van der Waals surface area contributed by atoms with E-state index < -0.39 is 34.2 Å². The minimum Gasteiger partial charge on any atom is -0.394 e. The lowest BCUT2D eigenvalue weighted by atomic mass is 9.70. The molecular formula is C33H46BrN3O4S. The average molecular weight is 661 g/mol. The minimum absolute atomic E-state index is 0.0430. The van der Waals surface area contributed by atoms with E-state index >= 15 is 0 Å². The molecule has 0 aromatic heterocycles. The van der Waals surface area contributed by atoms with Gasteiger partial charge in [-0.05, 0) is 51.2 Å². The molecule has 230 valence electrons. The summed E-state index contributed by atoms with van der Waals surface area (Å²) in [4.78, 5) is 48.9. The SMILES string of the molecule is C=CCN(C(=O)[C@H]1[C@H]2C(=O)N([C@H](C)CO)C(C(=O)N(CC=C)C(C)(C)CC(C)(C)C)C23CC(Br)[C@@H]1S3)c1ccccc1. The number of thioether (sulfide) groups is 1. The van der Waals surface area contributed by atoms with Crippen molar-refractivity contribution < 1.29 is 19.5 Å². The lowest BCUT2D eigenvalue weighted by Gasteiger charge is -2.46. The van der Waals surface area contributed by atoms with Gasteiger partial charge in [0.2, 0.25) is 17.7 Å². The molecule has 1 N–H and O–H groups in total. The summed E-state index contributed by atoms with van der Waals surface area (Å²) < 4.78 is -0.801. The molecule has 0 aliphatic carbocycles. The van der Waals surface area contributed by atoms with Gasteiger partial charge in [-0.3, -0.25) is 14.4 Å². The highest BCUT2D eigenvalue weighted by Gasteiger charge is 2.76. The van der Waals surface area contributed by atoms with E-state index in [0.29, 0.717) is 19.5 Å². The Bertz CT molecular complexity index is 1220. The van der Waals surface area contributed by atoms with Crippen LogP contribution in [0.5, 0.6) is 0 Å². The number of hydrogen-bond donors (Lipinski definition) is 1. The summed E-state index contributed by atoms with van der Waals surface area (Å²) in [6.07, 6.45) is 4.76. The second-order valence-electron chi connectivity index (χ2n) is 13.8. The molecule has 3 aliphatic heterocycles. The van der Waals surface area contributed by atoms with E-state index in [1.54, 1.807) is 40.6 Å². The topological polar surface area (TPSA) is 81.2 Å². The number of amides is 3. The third-order valence-corrected chi connectivity index (χ3v) is 12.1. The molecule has 3 fully saturated rings. The third-order valence-electron chi connectivity index (χ3n) is 8.90. The predicted molar refractivity (Wildman–Crippen MR) is 175 cm³/mol. The van der Waals surface area contributed by atoms with Crippen molar-refractivity contribution in [2.45, 2.75) is 86.8 Å². The summed E-state index contributed by atoms with van der Waals surface area (Å²) in [6, 6.07) is 8.05. The number of carbonyl (C=O) groups excluding carboxylic acids is 3. The lowest BCUT2D eigenvalue weighted by Crippen LogP contribution is -2.61. The molecule has 1 aromatic rings. The van der Waals surface area contributed by atoms with Crippen LogP contribution < -0.4 is 4.90 Å². The first-order valence-electron chi connectivity index (χ1n) is 14.8. The molecule has 3 amide bonds. The van der Waals surface area contributed by atoms with Crippen molar-refractivity contribution in [1.82, 2.24) is 9.80 Å². The number of benzene rings is 1. The number of fused-ring (bicyclic) bond motifs is 1. The quantitative estimate of drug-likeness (QED) is 0.258. The molecule has 4 rings (SSSR count). The largest absolute Gasteiger partial charge is 0.394 e. The summed E-state index contributed by atoms with van der Waals surface area (Å²) in [5.41, 5.74) is 0.182. The van der Waals surface area contributed by atoms with Crippen LogP contribution in [0.15, 0.2) is 55.6 Å². The number of carbonyl (C=O) groups is 3. The standard InChI is InChI=1S/C33H46BrN3O4S/c1-9-16-35(22-14-12-11-13-15-22)28(39)24-25-29(40)37(21(3)19-38)27(33(25)18-23(34)26(24)42-33)30(41)36(17-10-2)32(7,8)20-31(4,5)6/h9-15,21,23-27,38H,1-2,16-20H2,3-8H3/t21-,23?,24+,25+,26+,27?,33?/m1/s1. The highest BCUT2D eigenvalue weighted by Crippen LogP contribution is 2.68. The van der Waals surface area contributed by atoms with Crippen molar-refractivity contribution in [3.8, 4) is 0 Å². The monoisotopic (exact) mass is 659 g/mol. The number of aliphatic hydroxyl groups excluding tert-OH is 1. The zero-order chi connectivity index (χ0) is 31.2. The smallest absolute Gasteiger partial charge is 0.247 e. The Hall–Kier alpha value is -2.10. The van der Waals surface area contributed by atoms with Crippen LogP contribution >= 0.6 is 27.7 Å². The normalized spacial score (nSPS) is 29.3. The van der Waals surface area contributed by atoms with Crippen LogP contribution in [0.3, 0.4) is 0 Å². The minimum atomic E-state index is -0.811. The van der Waals surface area contributed by atoms with Gasteiger partial charge in [0.25, 0.3) is 0 Å². The number of aliphatic hydroxyl groups is 1. The van der Waals surface area contributed by atoms with Gasteiger partial charge in [-0.25, -0.2) is 0 Å². The molecule has 9 heteroatoms. The van der Waals surface area contributed by atoms with E-state index in [1.807, 2.05) is 35.2 Å². The van der Waals surface area contributed by atoms with Gasteiger partial charge < -0.3 is 19.8 Å². The van der Waals surface area contributed by atoms with Gasteiger partial charge in [0.15, 0.2) is 0 Å². The van der Waals surface area contributed by atoms with Gasteiger partial charge in [0.1, 0.15) is 6.04 Å². The van der Waals surface area contributed by atoms with E-state index in [-0.39, 0.29) is 39.8 Å². The number of nitrogens with zero attached hydrogens (tertiary/aromatic N) is 3. The predicted octanol–water partition coefficient (Wildman–Crippen LogP) is 5.28. The summed E-state index contributed by atoms with van der Waals surface area (Å²) >= 11 is 5.48. The van der Waals surface area contributed by atoms with Gasteiger partial charge in [-0.2, -0.15) is 0 Å². The third kappa shape index (κ3) is 5.61. The molecule has 0 radical (unpaired) electrons. The zero-order valence-electron chi connectivity index (χ0n) is 25.8. The molecule has 1 spiro atoms. The Morgan fingerprint density at radius 2 is 1.76 bits per heavy atom. The number of halogens is 1. The van der Waals surface area contributed by atoms with Gasteiger partial charge >= 0.3 is 0 Å². The van der Waals surface area contributed by atoms with E-state index in [4.69, 9.17) is 0 Å². The summed E-state index contributed by atoms with van der Waals surface area (Å²) in [5, 5.41) is 10.1. The Balaban J connectivity index is 1.82. The van der Waals surface area contributed by atoms with Crippen molar-refractivity contribution in [1.29, 1.82) is 0 Å². The Kier molecular flexibility index (Phi) is 9.47. The van der Waals surface area contributed by atoms with Crippen molar-refractivity contribution in [2.24, 2.45) is 17.3 Å². The average Bonchev–Trinajstić information content (AvgIpc) is 3.51. The van der Waals surface area contributed by atoms with Gasteiger partial charge in [0.05, 0.1) is 29.2 Å². The Morgan fingerprint density at radius 3 is 2.31 bits per heavy atom. The van der Waals surface area contributed by atoms with Crippen molar-refractivity contribution in [3.63, 3.8) is 0 Å². The molecule has 3 unspecified atom stereocenters. The van der Waals surface area contributed by atoms with Crippen molar-refractivity contribution >= 4 is 51.1 Å². The van der Waals surface area contributed by atoms with Crippen LogP contribution in [0.4, 0.5) is 5.69 Å². The number of hydrogen-bond acceptors (Lipinski definition) is 5. The van der Waals surface area contributed by atoms with Gasteiger partial charge in [0, 0.05) is 34.4 Å². The fraction of sp³-hybridized carbons (Fsp3) is 0.606. The van der Waals surface area contributed by atoms with Crippen LogP contribution in [0, 0.1) is 17.3 Å².